The number of fused-ring (bicyclic) bond motifs is 11. The van der Waals surface area contributed by atoms with E-state index in [0.717, 1.165) is 78.2 Å². The first-order valence-corrected chi connectivity index (χ1v) is 18.8. The average molecular weight is 908 g/mol. The standard InChI is InChI=1S/C46H37BN8.Pt/c1-28-12-11-13-29(2)43(28)47-51(6)36-19-18-31(25-34(36)44-49-22-23-52(44)47)53-41-27-39-33(26-40(41)55-38-17-10-8-15-35(38)50-45(53)55)32-14-7-9-16-37(32)54(39)42-24-30(20-21-48-42)46(3,4)5;/h7-24,26H,1-6H3;/q-2;+2. The van der Waals surface area contributed by atoms with Crippen LogP contribution in [0.15, 0.2) is 116 Å². The van der Waals surface area contributed by atoms with Gasteiger partial charge in [-0.05, 0) is 89.8 Å². The molecule has 1 aliphatic heterocycles. The first kappa shape index (κ1) is 34.6. The van der Waals surface area contributed by atoms with Gasteiger partial charge in [-0.15, -0.1) is 30.3 Å². The maximum atomic E-state index is 5.25. The van der Waals surface area contributed by atoms with Gasteiger partial charge in [-0.1, -0.05) is 103 Å². The number of benzene rings is 5. The zero-order chi connectivity index (χ0) is 37.3. The predicted molar refractivity (Wildman–Crippen MR) is 224 cm³/mol. The number of imidazole rings is 3. The molecule has 0 unspecified atom stereocenters. The number of hydrogen-bond donors (Lipinski definition) is 0. The van der Waals surface area contributed by atoms with Crippen molar-refractivity contribution >= 4 is 67.8 Å². The molecule has 0 radical (unpaired) electrons. The van der Waals surface area contributed by atoms with Crippen molar-refractivity contribution in [2.75, 3.05) is 11.9 Å². The molecule has 0 atom stereocenters. The van der Waals surface area contributed by atoms with E-state index in [-0.39, 0.29) is 33.5 Å². The van der Waals surface area contributed by atoms with Crippen molar-refractivity contribution in [3.8, 4) is 22.9 Å². The van der Waals surface area contributed by atoms with E-state index in [4.69, 9.17) is 15.0 Å². The van der Waals surface area contributed by atoms with Crippen molar-refractivity contribution in [2.45, 2.75) is 40.0 Å². The normalized spacial score (nSPS) is 13.0. The fourth-order valence-corrected chi connectivity index (χ4v) is 8.89. The summed E-state index contributed by atoms with van der Waals surface area (Å²) in [5, 5.41) is 2.26. The number of pyridine rings is 1. The molecule has 6 heterocycles. The second-order valence-corrected chi connectivity index (χ2v) is 15.9. The van der Waals surface area contributed by atoms with Gasteiger partial charge in [-0.2, -0.15) is 0 Å². The Kier molecular flexibility index (Phi) is 7.59. The quantitative estimate of drug-likeness (QED) is 0.131. The van der Waals surface area contributed by atoms with Gasteiger partial charge in [-0.3, -0.25) is 4.98 Å². The molecular weight excluding hydrogens is 870 g/mol. The first-order chi connectivity index (χ1) is 26.7. The van der Waals surface area contributed by atoms with E-state index in [1.54, 1.807) is 0 Å². The number of rotatable bonds is 3. The van der Waals surface area contributed by atoms with Crippen molar-refractivity contribution in [1.29, 1.82) is 0 Å². The molecule has 56 heavy (non-hydrogen) atoms. The average Bonchev–Trinajstić information content (AvgIpc) is 3.95. The Bertz CT molecular complexity index is 3190. The molecule has 0 saturated heterocycles. The van der Waals surface area contributed by atoms with E-state index in [1.165, 1.54) is 22.2 Å². The summed E-state index contributed by atoms with van der Waals surface area (Å²) >= 11 is 0. The van der Waals surface area contributed by atoms with Crippen LogP contribution >= 0.6 is 0 Å². The Morgan fingerprint density at radius 1 is 0.696 bits per heavy atom. The molecule has 8 nitrogen and oxygen atoms in total. The SMILES string of the molecule is Cc1cccc(C)c1B1N(C)c2ccc(-n3c4[c-]c5c(cc4n4c6ccccc6nc34)c3ccccc3n5-c3cc(C(C)(C)C)ccn3)[c-]c2-c2nccn21.[Pt+2]. The van der Waals surface area contributed by atoms with E-state index in [1.807, 2.05) is 18.5 Å². The van der Waals surface area contributed by atoms with E-state index < -0.39 is 0 Å². The molecular formula is C46H37BN8Pt. The number of hydrogen-bond acceptors (Lipinski definition) is 4. The first-order valence-electron chi connectivity index (χ1n) is 18.8. The molecule has 0 spiro atoms. The Morgan fingerprint density at radius 2 is 1.46 bits per heavy atom. The van der Waals surface area contributed by atoms with Crippen molar-refractivity contribution in [3.05, 3.63) is 144 Å². The summed E-state index contributed by atoms with van der Waals surface area (Å²) in [6.07, 6.45) is 5.91. The van der Waals surface area contributed by atoms with Crippen molar-refractivity contribution < 1.29 is 21.1 Å². The summed E-state index contributed by atoms with van der Waals surface area (Å²) in [4.78, 5) is 17.5. The maximum Gasteiger partial charge on any atom is 2.00 e. The van der Waals surface area contributed by atoms with Crippen LogP contribution in [0.5, 0.6) is 0 Å². The van der Waals surface area contributed by atoms with Crippen LogP contribution in [-0.4, -0.2) is 47.0 Å². The smallest absolute Gasteiger partial charge is 0.436 e. The second kappa shape index (κ2) is 12.3. The molecule has 274 valence electrons. The number of para-hydroxylation sites is 3. The minimum absolute atomic E-state index is 0. The summed E-state index contributed by atoms with van der Waals surface area (Å²) in [6, 6.07) is 42.3. The van der Waals surface area contributed by atoms with Crippen LogP contribution in [0.4, 0.5) is 5.69 Å². The maximum absolute atomic E-state index is 5.25. The van der Waals surface area contributed by atoms with Gasteiger partial charge in [0.15, 0.2) is 0 Å². The third kappa shape index (κ3) is 4.80. The molecule has 0 bridgehead atoms. The van der Waals surface area contributed by atoms with E-state index >= 15 is 0 Å². The summed E-state index contributed by atoms with van der Waals surface area (Å²) in [5.41, 5.74) is 13.9. The van der Waals surface area contributed by atoms with E-state index in [9.17, 15) is 0 Å². The van der Waals surface area contributed by atoms with Crippen LogP contribution in [0.3, 0.4) is 0 Å². The molecule has 5 aromatic heterocycles. The Hall–Kier alpha value is -5.92. The zero-order valence-electron chi connectivity index (χ0n) is 31.9. The van der Waals surface area contributed by atoms with Gasteiger partial charge < -0.3 is 22.8 Å². The fourth-order valence-electron chi connectivity index (χ4n) is 8.89. The number of aryl methyl sites for hydroxylation is 2. The molecule has 10 aromatic rings. The van der Waals surface area contributed by atoms with Crippen LogP contribution in [0.25, 0.3) is 72.5 Å². The Balaban J connectivity index is 0.00000384. The van der Waals surface area contributed by atoms with Crippen molar-refractivity contribution in [1.82, 2.24) is 33.0 Å². The number of anilines is 1. The summed E-state index contributed by atoms with van der Waals surface area (Å²) in [6.45, 7) is 11.1. The third-order valence-electron chi connectivity index (χ3n) is 11.6. The van der Waals surface area contributed by atoms with Crippen LogP contribution < -0.4 is 10.3 Å². The van der Waals surface area contributed by atoms with Gasteiger partial charge in [0.05, 0.1) is 11.0 Å². The van der Waals surface area contributed by atoms with Gasteiger partial charge in [-0.25, -0.2) is 9.97 Å². The van der Waals surface area contributed by atoms with Gasteiger partial charge in [0, 0.05) is 29.9 Å². The van der Waals surface area contributed by atoms with Crippen LogP contribution in [-0.2, 0) is 26.5 Å². The van der Waals surface area contributed by atoms with E-state index in [0.29, 0.717) is 0 Å². The van der Waals surface area contributed by atoms with Crippen LogP contribution in [0, 0.1) is 26.0 Å². The van der Waals surface area contributed by atoms with Crippen molar-refractivity contribution in [3.63, 3.8) is 0 Å². The summed E-state index contributed by atoms with van der Waals surface area (Å²) < 4.78 is 9.01. The van der Waals surface area contributed by atoms with E-state index in [2.05, 4.69) is 174 Å². The number of nitrogens with zero attached hydrogens (tertiary/aromatic N) is 8. The third-order valence-corrected chi connectivity index (χ3v) is 11.6. The molecule has 0 amide bonds. The molecule has 11 rings (SSSR count). The Labute approximate surface area is 339 Å². The van der Waals surface area contributed by atoms with Crippen molar-refractivity contribution in [2.24, 2.45) is 0 Å². The minimum atomic E-state index is -0.0314. The largest absolute Gasteiger partial charge is 2.00 e. The molecule has 0 fully saturated rings. The number of aromatic nitrogens is 7. The molecule has 0 aliphatic carbocycles. The Morgan fingerprint density at radius 3 is 2.27 bits per heavy atom. The molecule has 0 saturated carbocycles. The molecule has 5 aromatic carbocycles. The minimum Gasteiger partial charge on any atom is -0.436 e. The molecule has 1 aliphatic rings. The second-order valence-electron chi connectivity index (χ2n) is 15.9. The zero-order valence-corrected chi connectivity index (χ0v) is 34.2. The van der Waals surface area contributed by atoms with Gasteiger partial charge in [0.1, 0.15) is 5.82 Å². The monoisotopic (exact) mass is 907 g/mol. The van der Waals surface area contributed by atoms with Crippen LogP contribution in [0.1, 0.15) is 37.5 Å². The van der Waals surface area contributed by atoms with Gasteiger partial charge in [0.25, 0.3) is 0 Å². The molecule has 0 N–H and O–H groups in total. The van der Waals surface area contributed by atoms with Gasteiger partial charge in [0.2, 0.25) is 5.78 Å². The van der Waals surface area contributed by atoms with Gasteiger partial charge >= 0.3 is 28.0 Å². The topological polar surface area (TPSA) is 61.1 Å². The van der Waals surface area contributed by atoms with Crippen LogP contribution in [0.2, 0.25) is 0 Å². The predicted octanol–water partition coefficient (Wildman–Crippen LogP) is 8.99. The summed E-state index contributed by atoms with van der Waals surface area (Å²) in [5.74, 6) is 2.57. The fraction of sp³-hybridized carbons (Fsp3) is 0.152. The molecule has 10 heteroatoms. The summed E-state index contributed by atoms with van der Waals surface area (Å²) in [7, 11) is 2.17.